The number of thioether (sulfide) groups is 1. The predicted octanol–water partition coefficient (Wildman–Crippen LogP) is 4.77. The zero-order chi connectivity index (χ0) is 18.7. The number of benzene rings is 2. The van der Waals surface area contributed by atoms with Gasteiger partial charge >= 0.3 is 0 Å². The van der Waals surface area contributed by atoms with E-state index in [2.05, 4.69) is 31.4 Å². The van der Waals surface area contributed by atoms with Crippen LogP contribution in [0.2, 0.25) is 5.02 Å². The first-order chi connectivity index (χ1) is 12.5. The smallest absolute Gasteiger partial charge is 0.234 e. The molecular formula is C17H13BrClFN4OS. The van der Waals surface area contributed by atoms with Crippen molar-refractivity contribution in [1.29, 1.82) is 0 Å². The molecule has 1 N–H and O–H groups in total. The lowest BCUT2D eigenvalue weighted by Gasteiger charge is -2.07. The number of aromatic nitrogens is 3. The van der Waals surface area contributed by atoms with Gasteiger partial charge in [-0.05, 0) is 30.3 Å². The van der Waals surface area contributed by atoms with Crippen molar-refractivity contribution in [2.24, 2.45) is 7.05 Å². The molecule has 0 radical (unpaired) electrons. The van der Waals surface area contributed by atoms with Gasteiger partial charge in [0, 0.05) is 11.5 Å². The molecule has 3 aromatic rings. The Kier molecular flexibility index (Phi) is 5.95. The molecule has 5 nitrogen and oxygen atoms in total. The van der Waals surface area contributed by atoms with Crippen LogP contribution >= 0.6 is 39.3 Å². The standard InChI is InChI=1S/C17H13BrClFN4OS/c1-24-16(11-4-2-3-5-13(11)20)22-23-17(24)26-9-15(25)21-14-7-6-10(18)8-12(14)19/h2-8H,9H2,1H3,(H,21,25). The molecule has 0 spiro atoms. The maximum atomic E-state index is 13.9. The topological polar surface area (TPSA) is 59.8 Å². The number of carbonyl (C=O) groups excluding carboxylic acids is 1. The van der Waals surface area contributed by atoms with Crippen LogP contribution in [0.25, 0.3) is 11.4 Å². The zero-order valence-electron chi connectivity index (χ0n) is 13.5. The quantitative estimate of drug-likeness (QED) is 0.563. The number of hydrogen-bond acceptors (Lipinski definition) is 4. The number of hydrogen-bond donors (Lipinski definition) is 1. The van der Waals surface area contributed by atoms with E-state index in [1.165, 1.54) is 17.8 Å². The molecule has 0 saturated heterocycles. The van der Waals surface area contributed by atoms with Crippen LogP contribution in [-0.4, -0.2) is 26.4 Å². The number of nitrogens with zero attached hydrogens (tertiary/aromatic N) is 3. The minimum Gasteiger partial charge on any atom is -0.324 e. The fraction of sp³-hybridized carbons (Fsp3) is 0.118. The SMILES string of the molecule is Cn1c(SCC(=O)Nc2ccc(Br)cc2Cl)nnc1-c1ccccc1F. The van der Waals surface area contributed by atoms with Crippen LogP contribution in [0.5, 0.6) is 0 Å². The first-order valence-electron chi connectivity index (χ1n) is 7.47. The van der Waals surface area contributed by atoms with Gasteiger partial charge in [0.05, 0.1) is 22.0 Å². The molecular weight excluding hydrogens is 443 g/mol. The van der Waals surface area contributed by atoms with Crippen LogP contribution in [0.15, 0.2) is 52.1 Å². The van der Waals surface area contributed by atoms with E-state index >= 15 is 0 Å². The van der Waals surface area contributed by atoms with E-state index in [4.69, 9.17) is 11.6 Å². The first-order valence-corrected chi connectivity index (χ1v) is 9.63. The van der Waals surface area contributed by atoms with Crippen LogP contribution in [-0.2, 0) is 11.8 Å². The molecule has 26 heavy (non-hydrogen) atoms. The van der Waals surface area contributed by atoms with E-state index in [1.807, 2.05) is 0 Å². The Hall–Kier alpha value is -1.90. The molecule has 0 atom stereocenters. The first kappa shape index (κ1) is 18.9. The number of rotatable bonds is 5. The Morgan fingerprint density at radius 1 is 1.31 bits per heavy atom. The molecule has 1 amide bonds. The minimum absolute atomic E-state index is 0.121. The Labute approximate surface area is 167 Å². The van der Waals surface area contributed by atoms with Gasteiger partial charge < -0.3 is 9.88 Å². The second kappa shape index (κ2) is 8.20. The van der Waals surface area contributed by atoms with E-state index in [9.17, 15) is 9.18 Å². The van der Waals surface area contributed by atoms with Crippen molar-refractivity contribution in [3.63, 3.8) is 0 Å². The second-order valence-corrected chi connectivity index (χ2v) is 7.57. The highest BCUT2D eigenvalue weighted by molar-refractivity contribution is 9.10. The van der Waals surface area contributed by atoms with Gasteiger partial charge in [0.15, 0.2) is 11.0 Å². The molecule has 9 heteroatoms. The third-order valence-corrected chi connectivity index (χ3v) is 5.31. The summed E-state index contributed by atoms with van der Waals surface area (Å²) in [5, 5.41) is 11.8. The lowest BCUT2D eigenvalue weighted by Crippen LogP contribution is -2.14. The van der Waals surface area contributed by atoms with Crippen molar-refractivity contribution in [3.05, 3.63) is 57.8 Å². The van der Waals surface area contributed by atoms with Gasteiger partial charge in [-0.3, -0.25) is 4.79 Å². The monoisotopic (exact) mass is 454 g/mol. The third-order valence-electron chi connectivity index (χ3n) is 3.49. The van der Waals surface area contributed by atoms with Crippen molar-refractivity contribution in [2.75, 3.05) is 11.1 Å². The van der Waals surface area contributed by atoms with Gasteiger partial charge in [0.2, 0.25) is 5.91 Å². The second-order valence-electron chi connectivity index (χ2n) is 5.31. The lowest BCUT2D eigenvalue weighted by atomic mass is 10.2. The Morgan fingerprint density at radius 2 is 2.08 bits per heavy atom. The van der Waals surface area contributed by atoms with Crippen molar-refractivity contribution < 1.29 is 9.18 Å². The Bertz CT molecular complexity index is 966. The van der Waals surface area contributed by atoms with Crippen LogP contribution in [0.4, 0.5) is 10.1 Å². The van der Waals surface area contributed by atoms with Gasteiger partial charge in [-0.2, -0.15) is 0 Å². The number of amides is 1. The fourth-order valence-corrected chi connectivity index (χ4v) is 3.66. The molecule has 1 aromatic heterocycles. The molecule has 1 heterocycles. The summed E-state index contributed by atoms with van der Waals surface area (Å²) in [6, 6.07) is 11.6. The fourth-order valence-electron chi connectivity index (χ4n) is 2.22. The summed E-state index contributed by atoms with van der Waals surface area (Å²) in [5.41, 5.74) is 0.894. The third kappa shape index (κ3) is 4.25. The predicted molar refractivity (Wildman–Crippen MR) is 105 cm³/mol. The maximum absolute atomic E-state index is 13.9. The summed E-state index contributed by atoms with van der Waals surface area (Å²) in [7, 11) is 1.73. The zero-order valence-corrected chi connectivity index (χ0v) is 16.7. The summed E-state index contributed by atoms with van der Waals surface area (Å²) < 4.78 is 16.4. The van der Waals surface area contributed by atoms with Crippen LogP contribution in [0.1, 0.15) is 0 Å². The highest BCUT2D eigenvalue weighted by Gasteiger charge is 2.15. The molecule has 0 aliphatic rings. The molecule has 0 aliphatic carbocycles. The lowest BCUT2D eigenvalue weighted by molar-refractivity contribution is -0.113. The van der Waals surface area contributed by atoms with Gasteiger partial charge in [0.25, 0.3) is 0 Å². The van der Waals surface area contributed by atoms with Crippen molar-refractivity contribution in [3.8, 4) is 11.4 Å². The summed E-state index contributed by atoms with van der Waals surface area (Å²) in [6.07, 6.45) is 0. The van der Waals surface area contributed by atoms with E-state index in [0.29, 0.717) is 27.3 Å². The van der Waals surface area contributed by atoms with E-state index in [0.717, 1.165) is 4.47 Å². The summed E-state index contributed by atoms with van der Waals surface area (Å²) in [6.45, 7) is 0. The molecule has 0 fully saturated rings. The molecule has 134 valence electrons. The molecule has 0 bridgehead atoms. The van der Waals surface area contributed by atoms with Gasteiger partial charge in [-0.25, -0.2) is 4.39 Å². The largest absolute Gasteiger partial charge is 0.324 e. The summed E-state index contributed by atoms with van der Waals surface area (Å²) in [4.78, 5) is 12.1. The molecule has 0 aliphatic heterocycles. The van der Waals surface area contributed by atoms with Crippen molar-refractivity contribution in [1.82, 2.24) is 14.8 Å². The maximum Gasteiger partial charge on any atom is 0.234 e. The van der Waals surface area contributed by atoms with E-state index in [1.54, 1.807) is 48.0 Å². The number of halogens is 3. The van der Waals surface area contributed by atoms with Crippen molar-refractivity contribution in [2.45, 2.75) is 5.16 Å². The minimum atomic E-state index is -0.373. The average molecular weight is 456 g/mol. The van der Waals surface area contributed by atoms with Gasteiger partial charge in [-0.15, -0.1) is 10.2 Å². The van der Waals surface area contributed by atoms with Crippen molar-refractivity contribution >= 4 is 50.9 Å². The summed E-state index contributed by atoms with van der Waals surface area (Å²) >= 11 is 10.6. The number of carbonyl (C=O) groups is 1. The van der Waals surface area contributed by atoms with Gasteiger partial charge in [0.1, 0.15) is 5.82 Å². The van der Waals surface area contributed by atoms with Crippen LogP contribution < -0.4 is 5.32 Å². The van der Waals surface area contributed by atoms with Crippen LogP contribution in [0, 0.1) is 5.82 Å². The Morgan fingerprint density at radius 3 is 2.81 bits per heavy atom. The highest BCUT2D eigenvalue weighted by atomic mass is 79.9. The molecule has 0 unspecified atom stereocenters. The highest BCUT2D eigenvalue weighted by Crippen LogP contribution is 2.27. The normalized spacial score (nSPS) is 10.8. The Balaban J connectivity index is 1.67. The average Bonchev–Trinajstić information content (AvgIpc) is 2.97. The summed E-state index contributed by atoms with van der Waals surface area (Å²) in [5.74, 6) is -0.0749. The van der Waals surface area contributed by atoms with Crippen LogP contribution in [0.3, 0.4) is 0 Å². The van der Waals surface area contributed by atoms with Gasteiger partial charge in [-0.1, -0.05) is 51.4 Å². The van der Waals surface area contributed by atoms with E-state index in [-0.39, 0.29) is 17.5 Å². The molecule has 0 saturated carbocycles. The molecule has 2 aromatic carbocycles. The molecule has 3 rings (SSSR count). The van der Waals surface area contributed by atoms with E-state index < -0.39 is 0 Å². The number of anilines is 1. The number of nitrogens with one attached hydrogen (secondary N) is 1.